The van der Waals surface area contributed by atoms with Crippen molar-refractivity contribution in [2.24, 2.45) is 5.14 Å². The maximum absolute atomic E-state index is 11.1. The van der Waals surface area contributed by atoms with Crippen molar-refractivity contribution < 1.29 is 8.42 Å². The molecule has 2 aromatic rings. The second-order valence-electron chi connectivity index (χ2n) is 3.78. The Balaban J connectivity index is 1.87. The number of rotatable bonds is 6. The fourth-order valence-electron chi connectivity index (χ4n) is 1.38. The molecule has 2 aromatic heterocycles. The van der Waals surface area contributed by atoms with E-state index >= 15 is 0 Å². The van der Waals surface area contributed by atoms with E-state index < -0.39 is 10.0 Å². The number of nitrogens with zero attached hydrogens (tertiary/aromatic N) is 2. The molecule has 0 radical (unpaired) electrons. The number of thiazole rings is 2. The molecule has 0 saturated carbocycles. The normalized spacial score (nSPS) is 11.7. The van der Waals surface area contributed by atoms with Gasteiger partial charge in [-0.15, -0.1) is 11.3 Å². The zero-order valence-electron chi connectivity index (χ0n) is 10.3. The number of nitrogens with one attached hydrogen (secondary N) is 1. The van der Waals surface area contributed by atoms with Gasteiger partial charge in [0.1, 0.15) is 0 Å². The molecule has 2 rings (SSSR count). The van der Waals surface area contributed by atoms with Crippen molar-refractivity contribution in [1.29, 1.82) is 0 Å². The van der Waals surface area contributed by atoms with Gasteiger partial charge in [0.2, 0.25) is 10.0 Å². The summed E-state index contributed by atoms with van der Waals surface area (Å²) in [6.07, 6.45) is 4.94. The van der Waals surface area contributed by atoms with Gasteiger partial charge in [0.25, 0.3) is 0 Å². The monoisotopic (exact) mass is 318 g/mol. The van der Waals surface area contributed by atoms with Crippen molar-refractivity contribution >= 4 is 37.8 Å². The highest BCUT2D eigenvalue weighted by Gasteiger charge is 2.12. The molecule has 0 saturated heterocycles. The van der Waals surface area contributed by atoms with Gasteiger partial charge in [-0.3, -0.25) is 0 Å². The van der Waals surface area contributed by atoms with Crippen molar-refractivity contribution in [2.45, 2.75) is 24.0 Å². The van der Waals surface area contributed by atoms with Crippen LogP contribution in [0.1, 0.15) is 16.8 Å². The van der Waals surface area contributed by atoms with Crippen LogP contribution in [-0.2, 0) is 22.9 Å². The lowest BCUT2D eigenvalue weighted by atomic mass is 10.4. The van der Waals surface area contributed by atoms with Gasteiger partial charge >= 0.3 is 0 Å². The topological polar surface area (TPSA) is 98.0 Å². The predicted molar refractivity (Wildman–Crippen MR) is 77.2 cm³/mol. The van der Waals surface area contributed by atoms with Crippen LogP contribution in [0.2, 0.25) is 0 Å². The number of hydrogen-bond acceptors (Lipinski definition) is 7. The Kier molecular flexibility index (Phi) is 4.50. The van der Waals surface area contributed by atoms with Crippen molar-refractivity contribution in [2.75, 3.05) is 11.9 Å². The third kappa shape index (κ3) is 3.96. The van der Waals surface area contributed by atoms with E-state index in [1.165, 1.54) is 11.1 Å². The second kappa shape index (κ2) is 5.95. The number of anilines is 1. The minimum atomic E-state index is -3.65. The van der Waals surface area contributed by atoms with Crippen LogP contribution in [0.5, 0.6) is 0 Å². The summed E-state index contributed by atoms with van der Waals surface area (Å²) < 4.78 is 22.2. The third-order valence-corrected chi connectivity index (χ3v) is 5.89. The molecule has 3 N–H and O–H groups in total. The SMILES string of the molecule is CCc1cnc(CCNc2ncc(S(N)(=O)=O)s2)s1. The first-order chi connectivity index (χ1) is 8.99. The maximum Gasteiger partial charge on any atom is 0.249 e. The van der Waals surface area contributed by atoms with E-state index in [1.807, 2.05) is 6.20 Å². The Morgan fingerprint density at radius 3 is 2.68 bits per heavy atom. The fraction of sp³-hybridized carbons (Fsp3) is 0.400. The van der Waals surface area contributed by atoms with Crippen molar-refractivity contribution in [3.8, 4) is 0 Å². The summed E-state index contributed by atoms with van der Waals surface area (Å²) in [5.41, 5.74) is 0. The number of sulfonamides is 1. The van der Waals surface area contributed by atoms with Crippen LogP contribution in [0.25, 0.3) is 0 Å². The molecule has 19 heavy (non-hydrogen) atoms. The zero-order valence-corrected chi connectivity index (χ0v) is 12.7. The van der Waals surface area contributed by atoms with Crippen LogP contribution < -0.4 is 10.5 Å². The quantitative estimate of drug-likeness (QED) is 0.840. The van der Waals surface area contributed by atoms with E-state index in [-0.39, 0.29) is 4.21 Å². The highest BCUT2D eigenvalue weighted by molar-refractivity contribution is 7.91. The van der Waals surface area contributed by atoms with Gasteiger partial charge in [-0.05, 0) is 6.42 Å². The largest absolute Gasteiger partial charge is 0.361 e. The fourth-order valence-corrected chi connectivity index (χ4v) is 3.71. The molecule has 0 unspecified atom stereocenters. The average molecular weight is 318 g/mol. The van der Waals surface area contributed by atoms with Crippen molar-refractivity contribution in [1.82, 2.24) is 9.97 Å². The predicted octanol–water partition coefficient (Wildman–Crippen LogP) is 1.46. The average Bonchev–Trinajstić information content (AvgIpc) is 2.96. The zero-order chi connectivity index (χ0) is 13.9. The Bertz CT molecular complexity index is 647. The second-order valence-corrected chi connectivity index (χ2v) is 7.80. The van der Waals surface area contributed by atoms with E-state index in [2.05, 4.69) is 22.2 Å². The number of aryl methyl sites for hydroxylation is 1. The molecule has 0 aliphatic carbocycles. The van der Waals surface area contributed by atoms with Gasteiger partial charge in [0.15, 0.2) is 9.34 Å². The van der Waals surface area contributed by atoms with Gasteiger partial charge in [-0.1, -0.05) is 18.3 Å². The maximum atomic E-state index is 11.1. The first-order valence-corrected chi connectivity index (χ1v) is 8.83. The smallest absolute Gasteiger partial charge is 0.249 e. The van der Waals surface area contributed by atoms with Crippen LogP contribution in [0.4, 0.5) is 5.13 Å². The Hall–Kier alpha value is -1.03. The minimum Gasteiger partial charge on any atom is -0.361 e. The lowest BCUT2D eigenvalue weighted by molar-refractivity contribution is 0.599. The Morgan fingerprint density at radius 1 is 1.32 bits per heavy atom. The van der Waals surface area contributed by atoms with E-state index in [9.17, 15) is 8.42 Å². The highest BCUT2D eigenvalue weighted by Crippen LogP contribution is 2.21. The lowest BCUT2D eigenvalue weighted by Gasteiger charge is -1.99. The third-order valence-electron chi connectivity index (χ3n) is 2.33. The minimum absolute atomic E-state index is 0.0671. The summed E-state index contributed by atoms with van der Waals surface area (Å²) in [6, 6.07) is 0. The molecule has 0 aliphatic rings. The molecule has 0 fully saturated rings. The summed E-state index contributed by atoms with van der Waals surface area (Å²) >= 11 is 2.73. The number of hydrogen-bond donors (Lipinski definition) is 2. The molecular formula is C10H14N4O2S3. The van der Waals surface area contributed by atoms with E-state index in [0.29, 0.717) is 11.7 Å². The molecule has 0 aliphatic heterocycles. The highest BCUT2D eigenvalue weighted by atomic mass is 32.2. The molecule has 0 amide bonds. The van der Waals surface area contributed by atoms with Gasteiger partial charge in [0.05, 0.1) is 11.2 Å². The van der Waals surface area contributed by atoms with Gasteiger partial charge in [0, 0.05) is 24.0 Å². The summed E-state index contributed by atoms with van der Waals surface area (Å²) in [6.45, 7) is 2.76. The molecule has 0 bridgehead atoms. The molecule has 104 valence electrons. The summed E-state index contributed by atoms with van der Waals surface area (Å²) in [5.74, 6) is 0. The van der Waals surface area contributed by atoms with Crippen LogP contribution in [-0.4, -0.2) is 24.9 Å². The van der Waals surface area contributed by atoms with Crippen LogP contribution in [0.15, 0.2) is 16.6 Å². The summed E-state index contributed by atoms with van der Waals surface area (Å²) in [7, 11) is -3.65. The van der Waals surface area contributed by atoms with E-state index in [0.717, 1.165) is 29.2 Å². The van der Waals surface area contributed by atoms with E-state index in [1.54, 1.807) is 11.3 Å². The van der Waals surface area contributed by atoms with Gasteiger partial charge in [-0.25, -0.2) is 23.5 Å². The van der Waals surface area contributed by atoms with E-state index in [4.69, 9.17) is 5.14 Å². The first kappa shape index (κ1) is 14.4. The molecule has 2 heterocycles. The van der Waals surface area contributed by atoms with Gasteiger partial charge in [-0.2, -0.15) is 0 Å². The Morgan fingerprint density at radius 2 is 2.11 bits per heavy atom. The van der Waals surface area contributed by atoms with Crippen LogP contribution in [0.3, 0.4) is 0 Å². The van der Waals surface area contributed by atoms with Crippen LogP contribution in [0, 0.1) is 0 Å². The molecule has 9 heteroatoms. The van der Waals surface area contributed by atoms with Gasteiger partial charge < -0.3 is 5.32 Å². The molecule has 0 aromatic carbocycles. The van der Waals surface area contributed by atoms with Crippen molar-refractivity contribution in [3.63, 3.8) is 0 Å². The number of nitrogens with two attached hydrogens (primary N) is 1. The molecule has 0 atom stereocenters. The summed E-state index contributed by atoms with van der Waals surface area (Å²) in [5, 5.41) is 9.70. The van der Waals surface area contributed by atoms with Crippen LogP contribution >= 0.6 is 22.7 Å². The summed E-state index contributed by atoms with van der Waals surface area (Å²) in [4.78, 5) is 9.54. The standard InChI is InChI=1S/C10H14N4O2S3/c1-2-7-5-13-8(17-7)3-4-12-10-14-6-9(18-10)19(11,15)16/h5-6H,2-4H2,1H3,(H,12,14)(H2,11,15,16). The van der Waals surface area contributed by atoms with Crippen molar-refractivity contribution in [3.05, 3.63) is 22.3 Å². The number of primary sulfonamides is 1. The number of aromatic nitrogens is 2. The molecular weight excluding hydrogens is 304 g/mol. The lowest BCUT2D eigenvalue weighted by Crippen LogP contribution is -2.09. The first-order valence-electron chi connectivity index (χ1n) is 5.65. The molecule has 6 nitrogen and oxygen atoms in total. The Labute approximate surface area is 119 Å². The molecule has 0 spiro atoms.